The molecule has 12 heavy (non-hydrogen) atoms. The maximum atomic E-state index is 11.3. The molecule has 1 atom stereocenters. The zero-order chi connectivity index (χ0) is 9.14. The molecule has 0 aromatic heterocycles. The third-order valence-corrected chi connectivity index (χ3v) is 2.86. The smallest absolute Gasteiger partial charge is 0.224 e. The molecule has 1 fully saturated rings. The van der Waals surface area contributed by atoms with Gasteiger partial charge in [0.15, 0.2) is 0 Å². The Kier molecular flexibility index (Phi) is 3.39. The van der Waals surface area contributed by atoms with E-state index in [0.717, 1.165) is 18.8 Å². The number of hydrogen-bond donors (Lipinski definition) is 1. The lowest BCUT2D eigenvalue weighted by atomic mass is 9.82. The van der Waals surface area contributed by atoms with E-state index in [2.05, 4.69) is 12.2 Å². The van der Waals surface area contributed by atoms with Crippen molar-refractivity contribution in [2.75, 3.05) is 5.88 Å². The number of carbonyl (C=O) groups is 1. The molecule has 1 saturated carbocycles. The maximum absolute atomic E-state index is 11.3. The topological polar surface area (TPSA) is 29.1 Å². The first-order chi connectivity index (χ1) is 5.63. The highest BCUT2D eigenvalue weighted by Crippen LogP contribution is 2.26. The van der Waals surface area contributed by atoms with Gasteiger partial charge in [-0.05, 0) is 18.8 Å². The Morgan fingerprint density at radius 1 is 1.67 bits per heavy atom. The Morgan fingerprint density at radius 3 is 2.67 bits per heavy atom. The average molecular weight is 190 g/mol. The van der Waals surface area contributed by atoms with E-state index in [0.29, 0.717) is 11.9 Å². The van der Waals surface area contributed by atoms with Gasteiger partial charge < -0.3 is 5.32 Å². The third kappa shape index (κ3) is 2.37. The van der Waals surface area contributed by atoms with Gasteiger partial charge in [0.05, 0.1) is 0 Å². The van der Waals surface area contributed by atoms with Gasteiger partial charge in [-0.15, -0.1) is 11.6 Å². The summed E-state index contributed by atoms with van der Waals surface area (Å²) in [6, 6.07) is 0.415. The lowest BCUT2D eigenvalue weighted by Gasteiger charge is -2.33. The second-order valence-electron chi connectivity index (χ2n) is 3.84. The van der Waals surface area contributed by atoms with Gasteiger partial charge in [-0.3, -0.25) is 4.79 Å². The van der Waals surface area contributed by atoms with Crippen molar-refractivity contribution in [2.45, 2.75) is 32.7 Å². The van der Waals surface area contributed by atoms with Crippen LogP contribution in [0.25, 0.3) is 0 Å². The first-order valence-corrected chi connectivity index (χ1v) is 5.03. The Bertz CT molecular complexity index is 166. The molecule has 1 aliphatic carbocycles. The fraction of sp³-hybridized carbons (Fsp3) is 0.889. The summed E-state index contributed by atoms with van der Waals surface area (Å²) in [5.41, 5.74) is 0. The molecule has 0 radical (unpaired) electrons. The molecule has 0 aromatic carbocycles. The third-order valence-electron chi connectivity index (χ3n) is 2.40. The summed E-state index contributed by atoms with van der Waals surface area (Å²) in [6.07, 6.45) is 2.25. The van der Waals surface area contributed by atoms with Gasteiger partial charge in [-0.1, -0.05) is 13.8 Å². The van der Waals surface area contributed by atoms with Gasteiger partial charge in [0, 0.05) is 17.8 Å². The highest BCUT2D eigenvalue weighted by atomic mass is 35.5. The van der Waals surface area contributed by atoms with Crippen molar-refractivity contribution >= 4 is 17.5 Å². The van der Waals surface area contributed by atoms with E-state index in [1.807, 2.05) is 6.92 Å². The maximum Gasteiger partial charge on any atom is 0.224 e. The quantitative estimate of drug-likeness (QED) is 0.674. The SMILES string of the molecule is CC1CC(NC(=O)C(C)CCl)C1. The largest absolute Gasteiger partial charge is 0.353 e. The Hall–Kier alpha value is -0.240. The highest BCUT2D eigenvalue weighted by molar-refractivity contribution is 6.19. The molecule has 1 amide bonds. The monoisotopic (exact) mass is 189 g/mol. The molecular weight excluding hydrogens is 174 g/mol. The minimum atomic E-state index is -0.0532. The number of halogens is 1. The van der Waals surface area contributed by atoms with Crippen LogP contribution in [0.15, 0.2) is 0 Å². The Balaban J connectivity index is 2.18. The van der Waals surface area contributed by atoms with E-state index >= 15 is 0 Å². The summed E-state index contributed by atoms with van der Waals surface area (Å²) in [7, 11) is 0. The van der Waals surface area contributed by atoms with Gasteiger partial charge in [0.25, 0.3) is 0 Å². The van der Waals surface area contributed by atoms with Gasteiger partial charge in [-0.2, -0.15) is 0 Å². The molecule has 70 valence electrons. The van der Waals surface area contributed by atoms with E-state index in [-0.39, 0.29) is 11.8 Å². The fourth-order valence-corrected chi connectivity index (χ4v) is 1.57. The van der Waals surface area contributed by atoms with E-state index in [1.54, 1.807) is 0 Å². The van der Waals surface area contributed by atoms with Crippen molar-refractivity contribution in [3.8, 4) is 0 Å². The summed E-state index contributed by atoms with van der Waals surface area (Å²) in [5, 5.41) is 2.97. The van der Waals surface area contributed by atoms with Crippen LogP contribution in [-0.4, -0.2) is 17.8 Å². The summed E-state index contributed by atoms with van der Waals surface area (Å²) < 4.78 is 0. The van der Waals surface area contributed by atoms with Gasteiger partial charge >= 0.3 is 0 Å². The van der Waals surface area contributed by atoms with Crippen LogP contribution in [0.3, 0.4) is 0 Å². The molecule has 0 aliphatic heterocycles. The lowest BCUT2D eigenvalue weighted by Crippen LogP contribution is -2.45. The second kappa shape index (κ2) is 4.13. The second-order valence-corrected chi connectivity index (χ2v) is 4.15. The van der Waals surface area contributed by atoms with Gasteiger partial charge in [0.1, 0.15) is 0 Å². The average Bonchev–Trinajstić information content (AvgIpc) is 2.00. The van der Waals surface area contributed by atoms with Crippen LogP contribution in [0.4, 0.5) is 0 Å². The van der Waals surface area contributed by atoms with Crippen molar-refractivity contribution in [1.82, 2.24) is 5.32 Å². The first-order valence-electron chi connectivity index (χ1n) is 4.49. The number of hydrogen-bond acceptors (Lipinski definition) is 1. The van der Waals surface area contributed by atoms with Crippen LogP contribution in [0.5, 0.6) is 0 Å². The summed E-state index contributed by atoms with van der Waals surface area (Å²) in [4.78, 5) is 11.3. The normalized spacial score (nSPS) is 30.6. The van der Waals surface area contributed by atoms with Crippen molar-refractivity contribution in [1.29, 1.82) is 0 Å². The summed E-state index contributed by atoms with van der Waals surface area (Å²) >= 11 is 5.56. The van der Waals surface area contributed by atoms with Gasteiger partial charge in [-0.25, -0.2) is 0 Å². The lowest BCUT2D eigenvalue weighted by molar-refractivity contribution is -0.125. The minimum absolute atomic E-state index is 0.0532. The summed E-state index contributed by atoms with van der Waals surface area (Å²) in [5.74, 6) is 1.24. The molecule has 1 N–H and O–H groups in total. The van der Waals surface area contributed by atoms with Crippen molar-refractivity contribution in [3.63, 3.8) is 0 Å². The Morgan fingerprint density at radius 2 is 2.25 bits per heavy atom. The molecule has 0 spiro atoms. The summed E-state index contributed by atoms with van der Waals surface area (Å²) in [6.45, 7) is 4.05. The van der Waals surface area contributed by atoms with Crippen LogP contribution in [-0.2, 0) is 4.79 Å². The van der Waals surface area contributed by atoms with Crippen LogP contribution in [0.1, 0.15) is 26.7 Å². The molecule has 1 unspecified atom stereocenters. The molecule has 0 heterocycles. The standard InChI is InChI=1S/C9H16ClNO/c1-6-3-8(4-6)11-9(12)7(2)5-10/h6-8H,3-5H2,1-2H3,(H,11,12). The van der Waals surface area contributed by atoms with E-state index in [9.17, 15) is 4.79 Å². The predicted molar refractivity (Wildman–Crippen MR) is 50.2 cm³/mol. The van der Waals surface area contributed by atoms with E-state index < -0.39 is 0 Å². The van der Waals surface area contributed by atoms with Crippen molar-refractivity contribution in [2.24, 2.45) is 11.8 Å². The molecule has 0 bridgehead atoms. The number of amides is 1. The van der Waals surface area contributed by atoms with Crippen LogP contribution in [0, 0.1) is 11.8 Å². The number of carbonyl (C=O) groups excluding carboxylic acids is 1. The number of alkyl halides is 1. The first kappa shape index (κ1) is 9.85. The Labute approximate surface area is 78.7 Å². The number of rotatable bonds is 3. The van der Waals surface area contributed by atoms with Crippen LogP contribution in [0.2, 0.25) is 0 Å². The zero-order valence-corrected chi connectivity index (χ0v) is 8.40. The van der Waals surface area contributed by atoms with Crippen molar-refractivity contribution < 1.29 is 4.79 Å². The van der Waals surface area contributed by atoms with Gasteiger partial charge in [0.2, 0.25) is 5.91 Å². The zero-order valence-electron chi connectivity index (χ0n) is 7.64. The van der Waals surface area contributed by atoms with E-state index in [4.69, 9.17) is 11.6 Å². The fourth-order valence-electron chi connectivity index (χ4n) is 1.43. The molecule has 3 heteroatoms. The molecule has 1 aliphatic rings. The molecule has 0 saturated heterocycles. The van der Waals surface area contributed by atoms with Crippen LogP contribution >= 0.6 is 11.6 Å². The molecule has 1 rings (SSSR count). The van der Waals surface area contributed by atoms with Crippen LogP contribution < -0.4 is 5.32 Å². The minimum Gasteiger partial charge on any atom is -0.353 e. The van der Waals surface area contributed by atoms with Crippen molar-refractivity contribution in [3.05, 3.63) is 0 Å². The number of nitrogens with one attached hydrogen (secondary N) is 1. The van der Waals surface area contributed by atoms with E-state index in [1.165, 1.54) is 0 Å². The predicted octanol–water partition coefficient (Wildman–Crippen LogP) is 1.78. The molecule has 2 nitrogen and oxygen atoms in total. The molecule has 0 aromatic rings. The molecular formula is C9H16ClNO. The highest BCUT2D eigenvalue weighted by Gasteiger charge is 2.27.